The standard InChI is InChI=1S/C24H25N5O3/c1-15(2)24(27-22(30)11-16-6-4-8-18(10-16)32-3)20-13-23(31)29-21(26-20)12-19(28-29)17-7-5-9-25-14-17/h4-10,12-15,24,28H,11H2,1-3H3,(H,27,30)/t24-/m1/s1. The van der Waals surface area contributed by atoms with Gasteiger partial charge < -0.3 is 10.1 Å². The molecule has 0 fully saturated rings. The van der Waals surface area contributed by atoms with Crippen LogP contribution in [0, 0.1) is 5.92 Å². The van der Waals surface area contributed by atoms with E-state index in [2.05, 4.69) is 20.4 Å². The highest BCUT2D eigenvalue weighted by atomic mass is 16.5. The Morgan fingerprint density at radius 2 is 2.03 bits per heavy atom. The van der Waals surface area contributed by atoms with Crippen molar-refractivity contribution in [3.63, 3.8) is 0 Å². The van der Waals surface area contributed by atoms with Gasteiger partial charge in [-0.15, -0.1) is 0 Å². The number of aromatic nitrogens is 4. The zero-order valence-corrected chi connectivity index (χ0v) is 18.2. The molecule has 3 heterocycles. The van der Waals surface area contributed by atoms with Crippen LogP contribution in [0.15, 0.2) is 65.7 Å². The SMILES string of the molecule is COc1cccc(CC(=O)N[C@@H](c2cc(=O)n3[nH]c(-c4cccnc4)cc3n2)C(C)C)c1. The van der Waals surface area contributed by atoms with Gasteiger partial charge in [0.25, 0.3) is 5.56 Å². The highest BCUT2D eigenvalue weighted by Crippen LogP contribution is 2.22. The second-order valence-electron chi connectivity index (χ2n) is 7.94. The molecule has 0 bridgehead atoms. The van der Waals surface area contributed by atoms with Gasteiger partial charge in [-0.25, -0.2) is 9.50 Å². The maximum atomic E-state index is 12.8. The largest absolute Gasteiger partial charge is 0.497 e. The van der Waals surface area contributed by atoms with Crippen molar-refractivity contribution in [2.45, 2.75) is 26.3 Å². The summed E-state index contributed by atoms with van der Waals surface area (Å²) in [5.74, 6) is 0.590. The van der Waals surface area contributed by atoms with Gasteiger partial charge in [0.2, 0.25) is 5.91 Å². The van der Waals surface area contributed by atoms with E-state index in [9.17, 15) is 9.59 Å². The molecule has 0 radical (unpaired) electrons. The van der Waals surface area contributed by atoms with E-state index in [0.717, 1.165) is 16.8 Å². The molecule has 0 aliphatic carbocycles. The zero-order valence-electron chi connectivity index (χ0n) is 18.2. The lowest BCUT2D eigenvalue weighted by atomic mass is 10.00. The molecule has 0 saturated carbocycles. The normalized spacial score (nSPS) is 12.1. The third-order valence-corrected chi connectivity index (χ3v) is 5.24. The molecule has 0 saturated heterocycles. The molecule has 8 nitrogen and oxygen atoms in total. The minimum absolute atomic E-state index is 0.0374. The Morgan fingerprint density at radius 3 is 2.75 bits per heavy atom. The first-order valence-corrected chi connectivity index (χ1v) is 10.4. The number of ether oxygens (including phenoxy) is 1. The first-order chi connectivity index (χ1) is 15.4. The summed E-state index contributed by atoms with van der Waals surface area (Å²) in [6, 6.07) is 14.0. The Kier molecular flexibility index (Phi) is 6.02. The number of methoxy groups -OCH3 is 1. The lowest BCUT2D eigenvalue weighted by Crippen LogP contribution is -2.34. The number of pyridine rings is 1. The number of hydrogen-bond donors (Lipinski definition) is 2. The third-order valence-electron chi connectivity index (χ3n) is 5.24. The lowest BCUT2D eigenvalue weighted by Gasteiger charge is -2.22. The van der Waals surface area contributed by atoms with Gasteiger partial charge in [0, 0.05) is 30.1 Å². The molecule has 0 aliphatic rings. The Bertz CT molecular complexity index is 1290. The number of benzene rings is 1. The lowest BCUT2D eigenvalue weighted by molar-refractivity contribution is -0.121. The summed E-state index contributed by atoms with van der Waals surface area (Å²) in [6.07, 6.45) is 3.61. The van der Waals surface area contributed by atoms with Crippen LogP contribution in [0.3, 0.4) is 0 Å². The number of fused-ring (bicyclic) bond motifs is 1. The highest BCUT2D eigenvalue weighted by Gasteiger charge is 2.22. The first-order valence-electron chi connectivity index (χ1n) is 10.4. The third kappa shape index (κ3) is 4.54. The number of carbonyl (C=O) groups excluding carboxylic acids is 1. The van der Waals surface area contributed by atoms with E-state index in [4.69, 9.17) is 4.74 Å². The van der Waals surface area contributed by atoms with Crippen LogP contribution < -0.4 is 15.6 Å². The molecule has 4 rings (SSSR count). The first kappa shape index (κ1) is 21.3. The van der Waals surface area contributed by atoms with Crippen LogP contribution in [0.2, 0.25) is 0 Å². The predicted octanol–water partition coefficient (Wildman–Crippen LogP) is 3.15. The topological polar surface area (TPSA) is 101 Å². The minimum Gasteiger partial charge on any atom is -0.497 e. The van der Waals surface area contributed by atoms with E-state index >= 15 is 0 Å². The second kappa shape index (κ2) is 9.05. The van der Waals surface area contributed by atoms with E-state index in [0.29, 0.717) is 17.1 Å². The average molecular weight is 431 g/mol. The number of H-pyrrole nitrogens is 1. The number of aromatic amines is 1. The Hall–Kier alpha value is -3.94. The summed E-state index contributed by atoms with van der Waals surface area (Å²) < 4.78 is 6.62. The Morgan fingerprint density at radius 1 is 1.19 bits per heavy atom. The van der Waals surface area contributed by atoms with Crippen LogP contribution in [0.1, 0.15) is 31.1 Å². The van der Waals surface area contributed by atoms with Gasteiger partial charge in [0.1, 0.15) is 5.75 Å². The molecule has 2 N–H and O–H groups in total. The zero-order chi connectivity index (χ0) is 22.7. The van der Waals surface area contributed by atoms with Crippen LogP contribution in [0.5, 0.6) is 5.75 Å². The van der Waals surface area contributed by atoms with Gasteiger partial charge in [-0.2, -0.15) is 0 Å². The number of rotatable bonds is 7. The number of hydrogen-bond acceptors (Lipinski definition) is 5. The summed E-state index contributed by atoms with van der Waals surface area (Å²) in [5.41, 5.74) is 3.21. The molecule has 32 heavy (non-hydrogen) atoms. The summed E-state index contributed by atoms with van der Waals surface area (Å²) >= 11 is 0. The van der Waals surface area contributed by atoms with Crippen molar-refractivity contribution in [2.24, 2.45) is 5.92 Å². The molecule has 1 atom stereocenters. The van der Waals surface area contributed by atoms with Crippen molar-refractivity contribution in [3.8, 4) is 17.0 Å². The van der Waals surface area contributed by atoms with Crippen molar-refractivity contribution in [1.29, 1.82) is 0 Å². The fourth-order valence-corrected chi connectivity index (χ4v) is 3.61. The Labute approximate surface area is 185 Å². The Balaban J connectivity index is 1.60. The molecule has 3 aromatic heterocycles. The maximum Gasteiger partial charge on any atom is 0.272 e. The fourth-order valence-electron chi connectivity index (χ4n) is 3.61. The maximum absolute atomic E-state index is 12.8. The highest BCUT2D eigenvalue weighted by molar-refractivity contribution is 5.79. The van der Waals surface area contributed by atoms with Crippen molar-refractivity contribution in [1.82, 2.24) is 24.9 Å². The van der Waals surface area contributed by atoms with Gasteiger partial charge in [-0.1, -0.05) is 26.0 Å². The van der Waals surface area contributed by atoms with Crippen LogP contribution in [-0.2, 0) is 11.2 Å². The smallest absolute Gasteiger partial charge is 0.272 e. The molecule has 0 aliphatic heterocycles. The molecule has 8 heteroatoms. The van der Waals surface area contributed by atoms with E-state index in [1.54, 1.807) is 25.6 Å². The quantitative estimate of drug-likeness (QED) is 0.468. The molecule has 0 spiro atoms. The van der Waals surface area contributed by atoms with Crippen molar-refractivity contribution in [2.75, 3.05) is 7.11 Å². The molecule has 1 amide bonds. The number of carbonyl (C=O) groups is 1. The van der Waals surface area contributed by atoms with Crippen molar-refractivity contribution >= 4 is 11.6 Å². The van der Waals surface area contributed by atoms with Gasteiger partial charge in [-0.05, 0) is 35.7 Å². The number of nitrogens with zero attached hydrogens (tertiary/aromatic N) is 3. The van der Waals surface area contributed by atoms with Gasteiger partial charge in [0.15, 0.2) is 5.65 Å². The van der Waals surface area contributed by atoms with Crippen LogP contribution in [0.25, 0.3) is 16.9 Å². The van der Waals surface area contributed by atoms with E-state index < -0.39 is 6.04 Å². The average Bonchev–Trinajstić information content (AvgIpc) is 3.23. The summed E-state index contributed by atoms with van der Waals surface area (Å²) in [6.45, 7) is 3.97. The van der Waals surface area contributed by atoms with E-state index in [-0.39, 0.29) is 23.8 Å². The predicted molar refractivity (Wildman–Crippen MR) is 121 cm³/mol. The van der Waals surface area contributed by atoms with Crippen LogP contribution >= 0.6 is 0 Å². The van der Waals surface area contributed by atoms with Gasteiger partial charge >= 0.3 is 0 Å². The van der Waals surface area contributed by atoms with Gasteiger partial charge in [-0.3, -0.25) is 19.7 Å². The summed E-state index contributed by atoms with van der Waals surface area (Å²) in [4.78, 5) is 34.3. The molecule has 164 valence electrons. The molecular weight excluding hydrogens is 406 g/mol. The monoisotopic (exact) mass is 431 g/mol. The molecule has 0 unspecified atom stereocenters. The molecule has 4 aromatic rings. The van der Waals surface area contributed by atoms with E-state index in [1.165, 1.54) is 10.6 Å². The van der Waals surface area contributed by atoms with Crippen LogP contribution in [0.4, 0.5) is 0 Å². The minimum atomic E-state index is -0.400. The molecular formula is C24H25N5O3. The number of amides is 1. The van der Waals surface area contributed by atoms with Crippen molar-refractivity contribution < 1.29 is 9.53 Å². The fraction of sp³-hybridized carbons (Fsp3) is 0.250. The summed E-state index contributed by atoms with van der Waals surface area (Å²) in [7, 11) is 1.59. The second-order valence-corrected chi connectivity index (χ2v) is 7.94. The molecule has 1 aromatic carbocycles. The van der Waals surface area contributed by atoms with E-state index in [1.807, 2.05) is 50.2 Å². The van der Waals surface area contributed by atoms with Gasteiger partial charge in [0.05, 0.1) is 31.0 Å². The summed E-state index contributed by atoms with van der Waals surface area (Å²) in [5, 5.41) is 6.10. The van der Waals surface area contributed by atoms with Crippen LogP contribution in [-0.4, -0.2) is 32.6 Å². The number of nitrogens with one attached hydrogen (secondary N) is 2. The van der Waals surface area contributed by atoms with Crippen molar-refractivity contribution in [3.05, 3.63) is 82.5 Å².